The molecule has 18 heavy (non-hydrogen) atoms. The van der Waals surface area contributed by atoms with Gasteiger partial charge in [0.05, 0.1) is 0 Å². The molecule has 2 heteroatoms. The normalized spacial score (nSPS) is 14.7. The molecule has 1 aromatic carbocycles. The zero-order valence-electron chi connectivity index (χ0n) is 12.2. The van der Waals surface area contributed by atoms with Crippen LogP contribution in [0.5, 0.6) is 0 Å². The van der Waals surface area contributed by atoms with Crippen LogP contribution in [0, 0.1) is 0 Å². The number of benzene rings is 1. The molecule has 0 spiro atoms. The summed E-state index contributed by atoms with van der Waals surface area (Å²) < 4.78 is 0. The first kappa shape index (κ1) is 15.2. The summed E-state index contributed by atoms with van der Waals surface area (Å²) in [5.41, 5.74) is 7.59. The Morgan fingerprint density at radius 2 is 1.83 bits per heavy atom. The van der Waals surface area contributed by atoms with Crippen LogP contribution in [-0.4, -0.2) is 24.0 Å². The molecule has 0 saturated carbocycles. The van der Waals surface area contributed by atoms with E-state index in [-0.39, 0.29) is 5.54 Å². The molecule has 0 heterocycles. The second-order valence-corrected chi connectivity index (χ2v) is 5.23. The van der Waals surface area contributed by atoms with Gasteiger partial charge in [-0.15, -0.1) is 0 Å². The number of nitrogens with two attached hydrogens (primary N) is 1. The minimum absolute atomic E-state index is 0.159. The maximum absolute atomic E-state index is 6.07. The average molecular weight is 248 g/mol. The lowest BCUT2D eigenvalue weighted by atomic mass is 9.87. The van der Waals surface area contributed by atoms with Crippen molar-refractivity contribution in [2.75, 3.05) is 13.6 Å². The largest absolute Gasteiger partial charge is 0.329 e. The summed E-state index contributed by atoms with van der Waals surface area (Å²) in [7, 11) is 2.21. The minimum Gasteiger partial charge on any atom is -0.329 e. The van der Waals surface area contributed by atoms with Gasteiger partial charge in [-0.2, -0.15) is 0 Å². The molecule has 0 aliphatic rings. The molecule has 102 valence electrons. The highest BCUT2D eigenvalue weighted by Crippen LogP contribution is 2.25. The van der Waals surface area contributed by atoms with Gasteiger partial charge >= 0.3 is 0 Å². The molecule has 0 radical (unpaired) electrons. The lowest BCUT2D eigenvalue weighted by Gasteiger charge is -2.41. The third-order valence-electron chi connectivity index (χ3n) is 4.11. The quantitative estimate of drug-likeness (QED) is 0.764. The Kier molecular flexibility index (Phi) is 6.37. The zero-order valence-corrected chi connectivity index (χ0v) is 12.2. The van der Waals surface area contributed by atoms with Gasteiger partial charge < -0.3 is 5.73 Å². The topological polar surface area (TPSA) is 29.3 Å². The van der Waals surface area contributed by atoms with Crippen molar-refractivity contribution in [3.63, 3.8) is 0 Å². The van der Waals surface area contributed by atoms with Crippen LogP contribution in [0.2, 0.25) is 0 Å². The van der Waals surface area contributed by atoms with Gasteiger partial charge in [-0.05, 0) is 25.5 Å². The molecule has 1 unspecified atom stereocenters. The number of hydrogen-bond acceptors (Lipinski definition) is 2. The number of unbranched alkanes of at least 4 members (excludes halogenated alkanes) is 1. The predicted molar refractivity (Wildman–Crippen MR) is 79.5 cm³/mol. The van der Waals surface area contributed by atoms with Crippen LogP contribution in [0.1, 0.15) is 45.1 Å². The van der Waals surface area contributed by atoms with Gasteiger partial charge in [-0.1, -0.05) is 57.0 Å². The highest BCUT2D eigenvalue weighted by atomic mass is 15.2. The molecule has 1 rings (SSSR count). The number of rotatable bonds is 8. The fourth-order valence-electron chi connectivity index (χ4n) is 2.57. The Bertz CT molecular complexity index is 317. The summed E-state index contributed by atoms with van der Waals surface area (Å²) in [4.78, 5) is 2.44. The molecular formula is C16H28N2. The van der Waals surface area contributed by atoms with E-state index in [4.69, 9.17) is 5.73 Å². The van der Waals surface area contributed by atoms with Gasteiger partial charge in [0.1, 0.15) is 0 Å². The third-order valence-corrected chi connectivity index (χ3v) is 4.11. The summed E-state index contributed by atoms with van der Waals surface area (Å²) in [6.07, 6.45) is 4.80. The predicted octanol–water partition coefficient (Wildman–Crippen LogP) is 3.42. The first-order valence-electron chi connectivity index (χ1n) is 7.13. The lowest BCUT2D eigenvalue weighted by Crippen LogP contribution is -2.51. The summed E-state index contributed by atoms with van der Waals surface area (Å²) in [5, 5.41) is 0. The Balaban J connectivity index is 2.72. The molecule has 2 nitrogen and oxygen atoms in total. The number of hydrogen-bond donors (Lipinski definition) is 1. The van der Waals surface area contributed by atoms with Crippen LogP contribution in [0.3, 0.4) is 0 Å². The van der Waals surface area contributed by atoms with Crippen molar-refractivity contribution in [3.8, 4) is 0 Å². The summed E-state index contributed by atoms with van der Waals surface area (Å²) in [6.45, 7) is 6.22. The SMILES string of the molecule is CCCCC(CC)(CN)N(C)Cc1ccccc1. The standard InChI is InChI=1S/C16H28N2/c1-4-6-12-16(5-2,14-17)18(3)13-15-10-8-7-9-11-15/h7-11H,4-6,12-14,17H2,1-3H3. The Labute approximate surface area is 112 Å². The van der Waals surface area contributed by atoms with Gasteiger partial charge in [-0.25, -0.2) is 0 Å². The fourth-order valence-corrected chi connectivity index (χ4v) is 2.57. The van der Waals surface area contributed by atoms with E-state index in [9.17, 15) is 0 Å². The molecule has 0 aliphatic heterocycles. The Hall–Kier alpha value is -0.860. The van der Waals surface area contributed by atoms with E-state index < -0.39 is 0 Å². The third kappa shape index (κ3) is 3.82. The van der Waals surface area contributed by atoms with Crippen molar-refractivity contribution in [2.45, 2.75) is 51.6 Å². The van der Waals surface area contributed by atoms with Gasteiger partial charge in [0.25, 0.3) is 0 Å². The van der Waals surface area contributed by atoms with Crippen LogP contribution < -0.4 is 5.73 Å². The number of likely N-dealkylation sites (N-methyl/N-ethyl adjacent to an activating group) is 1. The smallest absolute Gasteiger partial charge is 0.0329 e. The molecule has 0 amide bonds. The average Bonchev–Trinajstić information content (AvgIpc) is 2.42. The van der Waals surface area contributed by atoms with E-state index in [0.29, 0.717) is 0 Å². The first-order valence-corrected chi connectivity index (χ1v) is 7.13. The first-order chi connectivity index (χ1) is 8.68. The molecule has 1 atom stereocenters. The van der Waals surface area contributed by atoms with E-state index >= 15 is 0 Å². The van der Waals surface area contributed by atoms with E-state index in [0.717, 1.165) is 19.5 Å². The van der Waals surface area contributed by atoms with Crippen molar-refractivity contribution in [1.29, 1.82) is 0 Å². The van der Waals surface area contributed by atoms with Crippen molar-refractivity contribution in [2.24, 2.45) is 5.73 Å². The molecule has 0 saturated heterocycles. The van der Waals surface area contributed by atoms with E-state index in [2.05, 4.69) is 56.1 Å². The van der Waals surface area contributed by atoms with E-state index in [1.807, 2.05) is 0 Å². The second kappa shape index (κ2) is 7.55. The van der Waals surface area contributed by atoms with Gasteiger partial charge in [0.2, 0.25) is 0 Å². The molecule has 1 aromatic rings. The minimum atomic E-state index is 0.159. The summed E-state index contributed by atoms with van der Waals surface area (Å²) >= 11 is 0. The van der Waals surface area contributed by atoms with Gasteiger partial charge in [0, 0.05) is 18.6 Å². The van der Waals surface area contributed by atoms with Crippen LogP contribution in [0.25, 0.3) is 0 Å². The van der Waals surface area contributed by atoms with E-state index in [1.165, 1.54) is 24.8 Å². The highest BCUT2D eigenvalue weighted by Gasteiger charge is 2.30. The van der Waals surface area contributed by atoms with Gasteiger partial charge in [-0.3, -0.25) is 4.90 Å². The second-order valence-electron chi connectivity index (χ2n) is 5.23. The Morgan fingerprint density at radius 1 is 1.17 bits per heavy atom. The molecule has 0 fully saturated rings. The van der Waals surface area contributed by atoms with Crippen molar-refractivity contribution in [3.05, 3.63) is 35.9 Å². The fraction of sp³-hybridized carbons (Fsp3) is 0.625. The molecular weight excluding hydrogens is 220 g/mol. The van der Waals surface area contributed by atoms with Crippen LogP contribution in [0.15, 0.2) is 30.3 Å². The number of nitrogens with zero attached hydrogens (tertiary/aromatic N) is 1. The lowest BCUT2D eigenvalue weighted by molar-refractivity contribution is 0.0999. The molecule has 0 bridgehead atoms. The highest BCUT2D eigenvalue weighted by molar-refractivity contribution is 5.15. The van der Waals surface area contributed by atoms with Crippen LogP contribution in [-0.2, 0) is 6.54 Å². The molecule has 0 aliphatic carbocycles. The monoisotopic (exact) mass is 248 g/mol. The van der Waals surface area contributed by atoms with Crippen molar-refractivity contribution in [1.82, 2.24) is 4.90 Å². The van der Waals surface area contributed by atoms with E-state index in [1.54, 1.807) is 0 Å². The summed E-state index contributed by atoms with van der Waals surface area (Å²) in [5.74, 6) is 0. The maximum Gasteiger partial charge on any atom is 0.0329 e. The van der Waals surface area contributed by atoms with Crippen molar-refractivity contribution >= 4 is 0 Å². The van der Waals surface area contributed by atoms with Gasteiger partial charge in [0.15, 0.2) is 0 Å². The van der Waals surface area contributed by atoms with Crippen LogP contribution >= 0.6 is 0 Å². The zero-order chi connectivity index (χ0) is 13.4. The summed E-state index contributed by atoms with van der Waals surface area (Å²) in [6, 6.07) is 10.6. The maximum atomic E-state index is 6.07. The van der Waals surface area contributed by atoms with Crippen LogP contribution in [0.4, 0.5) is 0 Å². The molecule has 2 N–H and O–H groups in total. The molecule has 0 aromatic heterocycles. The Morgan fingerprint density at radius 3 is 2.33 bits per heavy atom. The van der Waals surface area contributed by atoms with Crippen molar-refractivity contribution < 1.29 is 0 Å².